The van der Waals surface area contributed by atoms with E-state index in [1.54, 1.807) is 0 Å². The first-order chi connectivity index (χ1) is 16.0. The number of carbonyl (C=O) groups is 2. The number of nitrogens with one attached hydrogen (secondary N) is 1. The van der Waals surface area contributed by atoms with Gasteiger partial charge >= 0.3 is 12.1 Å². The van der Waals surface area contributed by atoms with Gasteiger partial charge in [-0.3, -0.25) is 9.59 Å². The number of carboxylic acids is 1. The van der Waals surface area contributed by atoms with E-state index in [9.17, 15) is 31.5 Å². The summed E-state index contributed by atoms with van der Waals surface area (Å²) in [5.41, 5.74) is -2.53. The number of benzene rings is 2. The second-order valence-corrected chi connectivity index (χ2v) is 7.09. The highest BCUT2D eigenvalue weighted by molar-refractivity contribution is 5.93. The largest absolute Gasteiger partial charge is 0.494 e. The van der Waals surface area contributed by atoms with E-state index in [-0.39, 0.29) is 22.7 Å². The van der Waals surface area contributed by atoms with Crippen molar-refractivity contribution in [2.45, 2.75) is 18.6 Å². The number of carboxylic acid groups (broad SMARTS) is 1. The van der Waals surface area contributed by atoms with E-state index in [1.165, 1.54) is 31.4 Å². The maximum atomic E-state index is 14.4. The van der Waals surface area contributed by atoms with Crippen LogP contribution in [0, 0.1) is 11.6 Å². The molecule has 1 atom stereocenters. The molecule has 2 N–H and O–H groups in total. The van der Waals surface area contributed by atoms with Crippen LogP contribution in [0.5, 0.6) is 5.75 Å². The van der Waals surface area contributed by atoms with Gasteiger partial charge in [0.2, 0.25) is 0 Å². The van der Waals surface area contributed by atoms with E-state index in [2.05, 4.69) is 10.3 Å². The summed E-state index contributed by atoms with van der Waals surface area (Å²) >= 11 is 0. The number of methoxy groups -OCH3 is 1. The van der Waals surface area contributed by atoms with Crippen molar-refractivity contribution >= 4 is 11.9 Å². The van der Waals surface area contributed by atoms with E-state index in [4.69, 9.17) is 9.84 Å². The topological polar surface area (TPSA) is 88.5 Å². The van der Waals surface area contributed by atoms with Crippen molar-refractivity contribution in [2.24, 2.45) is 0 Å². The Morgan fingerprint density at radius 1 is 1.06 bits per heavy atom. The lowest BCUT2D eigenvalue weighted by atomic mass is 10.0. The quantitative estimate of drug-likeness (QED) is 0.465. The molecule has 11 heteroatoms. The molecule has 0 aliphatic heterocycles. The van der Waals surface area contributed by atoms with E-state index in [0.29, 0.717) is 18.2 Å². The number of halogens is 5. The van der Waals surface area contributed by atoms with Gasteiger partial charge in [0, 0.05) is 11.1 Å². The third-order valence-corrected chi connectivity index (χ3v) is 4.82. The Bertz CT molecular complexity index is 1230. The standard InChI is InChI=1S/C23H17F5N2O4/c1-34-19-9-8-17(29-21(19)14-10-12(23(26,27)28)6-7-16(14)25)22(33)30-18(11-20(31)32)13-4-2-3-5-15(13)24/h2-10,18H,11H2,1H3,(H,30,33)(H,31,32)/t18-/m0/s1. The molecular weight excluding hydrogens is 463 g/mol. The van der Waals surface area contributed by atoms with E-state index >= 15 is 0 Å². The minimum atomic E-state index is -4.76. The van der Waals surface area contributed by atoms with Crippen molar-refractivity contribution < 1.29 is 41.4 Å². The van der Waals surface area contributed by atoms with Crippen LogP contribution in [0.2, 0.25) is 0 Å². The average Bonchev–Trinajstić information content (AvgIpc) is 2.77. The minimum absolute atomic E-state index is 0.0871. The molecule has 0 radical (unpaired) electrons. The average molecular weight is 480 g/mol. The van der Waals surface area contributed by atoms with Crippen LogP contribution in [0.3, 0.4) is 0 Å². The van der Waals surface area contributed by atoms with E-state index in [1.807, 2.05) is 0 Å². The van der Waals surface area contributed by atoms with Crippen molar-refractivity contribution in [1.29, 1.82) is 0 Å². The molecule has 0 spiro atoms. The molecule has 0 fully saturated rings. The number of aromatic nitrogens is 1. The highest BCUT2D eigenvalue weighted by Gasteiger charge is 2.32. The third-order valence-electron chi connectivity index (χ3n) is 4.82. The molecule has 0 saturated heterocycles. The molecule has 0 saturated carbocycles. The molecule has 0 unspecified atom stereocenters. The number of aliphatic carboxylic acids is 1. The maximum Gasteiger partial charge on any atom is 0.416 e. The van der Waals surface area contributed by atoms with Crippen LogP contribution in [0.15, 0.2) is 54.6 Å². The van der Waals surface area contributed by atoms with Gasteiger partial charge in [-0.15, -0.1) is 0 Å². The van der Waals surface area contributed by atoms with Gasteiger partial charge in [-0.2, -0.15) is 13.2 Å². The van der Waals surface area contributed by atoms with Crippen molar-refractivity contribution in [3.63, 3.8) is 0 Å². The maximum absolute atomic E-state index is 14.4. The summed E-state index contributed by atoms with van der Waals surface area (Å²) in [7, 11) is 1.19. The molecule has 3 rings (SSSR count). The molecule has 1 amide bonds. The van der Waals surface area contributed by atoms with Crippen molar-refractivity contribution in [3.05, 3.63) is 83.1 Å². The second-order valence-electron chi connectivity index (χ2n) is 7.09. The van der Waals surface area contributed by atoms with Crippen molar-refractivity contribution in [3.8, 4) is 17.0 Å². The number of rotatable bonds is 7. The Labute approximate surface area is 190 Å². The second kappa shape index (κ2) is 9.86. The Balaban J connectivity index is 2.02. The smallest absolute Gasteiger partial charge is 0.416 e. The predicted molar refractivity (Wildman–Crippen MR) is 110 cm³/mol. The molecule has 178 valence electrons. The molecule has 1 heterocycles. The molecule has 0 bridgehead atoms. The van der Waals surface area contributed by atoms with Crippen LogP contribution in [-0.4, -0.2) is 29.1 Å². The van der Waals surface area contributed by atoms with Crippen LogP contribution >= 0.6 is 0 Å². The van der Waals surface area contributed by atoms with Gasteiger partial charge < -0.3 is 15.2 Å². The van der Waals surface area contributed by atoms with Crippen LogP contribution in [0.4, 0.5) is 22.0 Å². The third kappa shape index (κ3) is 5.48. The number of carbonyl (C=O) groups excluding carboxylic acids is 1. The molecule has 34 heavy (non-hydrogen) atoms. The van der Waals surface area contributed by atoms with Crippen LogP contribution in [0.25, 0.3) is 11.3 Å². The Morgan fingerprint density at radius 2 is 1.76 bits per heavy atom. The normalized spacial score (nSPS) is 12.2. The van der Waals surface area contributed by atoms with E-state index in [0.717, 1.165) is 12.1 Å². The zero-order valence-electron chi connectivity index (χ0n) is 17.5. The monoisotopic (exact) mass is 480 g/mol. The summed E-state index contributed by atoms with van der Waals surface area (Å²) in [6.45, 7) is 0. The van der Waals surface area contributed by atoms with Gasteiger partial charge in [0.25, 0.3) is 5.91 Å². The van der Waals surface area contributed by atoms with Gasteiger partial charge in [0.05, 0.1) is 25.1 Å². The van der Waals surface area contributed by atoms with Gasteiger partial charge in [0.15, 0.2) is 0 Å². The van der Waals surface area contributed by atoms with Gasteiger partial charge in [-0.1, -0.05) is 18.2 Å². The van der Waals surface area contributed by atoms with Crippen LogP contribution in [0.1, 0.15) is 34.1 Å². The lowest BCUT2D eigenvalue weighted by Gasteiger charge is -2.18. The fourth-order valence-electron chi connectivity index (χ4n) is 3.22. The number of hydrogen-bond donors (Lipinski definition) is 2. The fourth-order valence-corrected chi connectivity index (χ4v) is 3.22. The van der Waals surface area contributed by atoms with Crippen LogP contribution < -0.4 is 10.1 Å². The van der Waals surface area contributed by atoms with Gasteiger partial charge in [0.1, 0.15) is 28.8 Å². The lowest BCUT2D eigenvalue weighted by molar-refractivity contribution is -0.138. The molecule has 2 aromatic carbocycles. The Morgan fingerprint density at radius 3 is 2.38 bits per heavy atom. The number of nitrogens with zero attached hydrogens (tertiary/aromatic N) is 1. The highest BCUT2D eigenvalue weighted by Crippen LogP contribution is 2.36. The first-order valence-corrected chi connectivity index (χ1v) is 9.70. The number of ether oxygens (including phenoxy) is 1. The fraction of sp³-hybridized carbons (Fsp3) is 0.174. The molecule has 6 nitrogen and oxygen atoms in total. The first-order valence-electron chi connectivity index (χ1n) is 9.70. The van der Waals surface area contributed by atoms with Gasteiger partial charge in [-0.05, 0) is 36.4 Å². The summed E-state index contributed by atoms with van der Waals surface area (Å²) < 4.78 is 73.1. The Hall–Kier alpha value is -4.02. The number of hydrogen-bond acceptors (Lipinski definition) is 4. The summed E-state index contributed by atoms with van der Waals surface area (Å²) in [5.74, 6) is -4.16. The van der Waals surface area contributed by atoms with E-state index < -0.39 is 53.3 Å². The zero-order chi connectivity index (χ0) is 25.0. The molecule has 3 aromatic rings. The van der Waals surface area contributed by atoms with Crippen molar-refractivity contribution in [2.75, 3.05) is 7.11 Å². The zero-order valence-corrected chi connectivity index (χ0v) is 17.5. The Kier molecular flexibility index (Phi) is 7.14. The summed E-state index contributed by atoms with van der Waals surface area (Å²) in [5, 5.41) is 11.5. The summed E-state index contributed by atoms with van der Waals surface area (Å²) in [4.78, 5) is 28.0. The molecule has 0 aliphatic carbocycles. The minimum Gasteiger partial charge on any atom is -0.494 e. The van der Waals surface area contributed by atoms with Crippen LogP contribution in [-0.2, 0) is 11.0 Å². The van der Waals surface area contributed by atoms with Gasteiger partial charge in [-0.25, -0.2) is 13.8 Å². The SMILES string of the molecule is COc1ccc(C(=O)N[C@@H](CC(=O)O)c2ccccc2F)nc1-c1cc(C(F)(F)F)ccc1F. The summed E-state index contributed by atoms with van der Waals surface area (Å²) in [6.07, 6.45) is -5.41. The predicted octanol–water partition coefficient (Wildman–Crippen LogP) is 5.00. The number of amides is 1. The molecular formula is C23H17F5N2O4. The lowest BCUT2D eigenvalue weighted by Crippen LogP contribution is -2.31. The number of pyridine rings is 1. The molecule has 1 aromatic heterocycles. The summed E-state index contributed by atoms with van der Waals surface area (Å²) in [6, 6.07) is 8.04. The highest BCUT2D eigenvalue weighted by atomic mass is 19.4. The van der Waals surface area contributed by atoms with Crippen molar-refractivity contribution in [1.82, 2.24) is 10.3 Å². The number of alkyl halides is 3. The molecule has 0 aliphatic rings. The first kappa shape index (κ1) is 24.6.